The fourth-order valence-corrected chi connectivity index (χ4v) is 3.87. The average Bonchev–Trinajstić information content (AvgIpc) is 2.67. The lowest BCUT2D eigenvalue weighted by molar-refractivity contribution is 0.378. The molecule has 1 fully saturated rings. The van der Waals surface area contributed by atoms with Crippen LogP contribution < -0.4 is 5.32 Å². The Balaban J connectivity index is 2.02. The quantitative estimate of drug-likeness (QED) is 0.801. The van der Waals surface area contributed by atoms with Gasteiger partial charge in [-0.2, -0.15) is 5.10 Å². The summed E-state index contributed by atoms with van der Waals surface area (Å²) in [5, 5.41) is 9.18. The predicted molar refractivity (Wildman–Crippen MR) is 90.0 cm³/mol. The molecule has 1 aliphatic carbocycles. The maximum absolute atomic E-state index is 6.51. The van der Waals surface area contributed by atoms with Crippen LogP contribution in [-0.2, 0) is 19.9 Å². The van der Waals surface area contributed by atoms with E-state index in [9.17, 15) is 0 Å². The lowest BCUT2D eigenvalue weighted by atomic mass is 9.93. The highest BCUT2D eigenvalue weighted by atomic mass is 35.5. The monoisotopic (exact) mass is 311 g/mol. The summed E-state index contributed by atoms with van der Waals surface area (Å²) in [7, 11) is 2.03. The fraction of sp³-hybridized carbons (Fsp3) is 0.824. The molecule has 0 radical (unpaired) electrons. The van der Waals surface area contributed by atoms with Gasteiger partial charge >= 0.3 is 0 Å². The van der Waals surface area contributed by atoms with Crippen LogP contribution in [0.4, 0.5) is 0 Å². The van der Waals surface area contributed by atoms with Crippen LogP contribution >= 0.6 is 11.6 Å². The van der Waals surface area contributed by atoms with Crippen molar-refractivity contribution in [2.24, 2.45) is 13.0 Å². The molecule has 0 amide bonds. The molecule has 1 saturated carbocycles. The molecule has 3 nitrogen and oxygen atoms in total. The van der Waals surface area contributed by atoms with Gasteiger partial charge in [-0.1, -0.05) is 44.7 Å². The van der Waals surface area contributed by atoms with E-state index in [0.29, 0.717) is 6.04 Å². The number of nitrogens with zero attached hydrogens (tertiary/aromatic N) is 2. The van der Waals surface area contributed by atoms with Crippen molar-refractivity contribution in [1.29, 1.82) is 0 Å². The van der Waals surface area contributed by atoms with E-state index in [0.717, 1.165) is 36.0 Å². The van der Waals surface area contributed by atoms with Gasteiger partial charge in [-0.05, 0) is 44.6 Å². The van der Waals surface area contributed by atoms with Gasteiger partial charge in [0, 0.05) is 13.1 Å². The van der Waals surface area contributed by atoms with Gasteiger partial charge in [0.05, 0.1) is 16.4 Å². The Morgan fingerprint density at radius 1 is 1.29 bits per heavy atom. The summed E-state index contributed by atoms with van der Waals surface area (Å²) in [5.41, 5.74) is 2.28. The van der Waals surface area contributed by atoms with Crippen molar-refractivity contribution in [3.63, 3.8) is 0 Å². The Hall–Kier alpha value is -0.540. The van der Waals surface area contributed by atoms with E-state index in [2.05, 4.69) is 24.3 Å². The van der Waals surface area contributed by atoms with Gasteiger partial charge in [-0.25, -0.2) is 0 Å². The van der Waals surface area contributed by atoms with E-state index in [1.165, 1.54) is 44.2 Å². The van der Waals surface area contributed by atoms with Crippen LogP contribution in [-0.4, -0.2) is 22.4 Å². The van der Waals surface area contributed by atoms with E-state index in [1.807, 2.05) is 11.7 Å². The van der Waals surface area contributed by atoms with Crippen LogP contribution in [0.15, 0.2) is 0 Å². The van der Waals surface area contributed by atoms with E-state index in [1.54, 1.807) is 0 Å². The third-order valence-corrected chi connectivity index (χ3v) is 5.14. The summed E-state index contributed by atoms with van der Waals surface area (Å²) in [6.07, 6.45) is 9.85. The SMILES string of the molecule is CCCNC1CCCCC(Cc2c(Cl)c(CC)nn2C)C1. The highest BCUT2D eigenvalue weighted by molar-refractivity contribution is 6.31. The number of hydrogen-bond acceptors (Lipinski definition) is 2. The fourth-order valence-electron chi connectivity index (χ4n) is 3.50. The molecule has 1 aromatic rings. The van der Waals surface area contributed by atoms with Gasteiger partial charge in [-0.15, -0.1) is 0 Å². The Morgan fingerprint density at radius 3 is 2.71 bits per heavy atom. The summed E-state index contributed by atoms with van der Waals surface area (Å²) in [4.78, 5) is 0. The van der Waals surface area contributed by atoms with Crippen LogP contribution in [0.3, 0.4) is 0 Å². The van der Waals surface area contributed by atoms with Crippen molar-refractivity contribution in [1.82, 2.24) is 15.1 Å². The zero-order chi connectivity index (χ0) is 15.2. The van der Waals surface area contributed by atoms with E-state index < -0.39 is 0 Å². The second-order valence-corrected chi connectivity index (χ2v) is 6.80. The van der Waals surface area contributed by atoms with Gasteiger partial charge in [-0.3, -0.25) is 4.68 Å². The van der Waals surface area contributed by atoms with Crippen LogP contribution in [0, 0.1) is 5.92 Å². The molecule has 1 aliphatic rings. The third-order valence-electron chi connectivity index (χ3n) is 4.70. The lowest BCUT2D eigenvalue weighted by Gasteiger charge is -2.21. The third kappa shape index (κ3) is 4.46. The molecule has 4 heteroatoms. The molecule has 2 atom stereocenters. The second-order valence-electron chi connectivity index (χ2n) is 6.43. The first-order chi connectivity index (χ1) is 10.2. The molecule has 120 valence electrons. The Labute approximate surface area is 134 Å². The van der Waals surface area contributed by atoms with Gasteiger partial charge < -0.3 is 5.32 Å². The van der Waals surface area contributed by atoms with Crippen molar-refractivity contribution in [2.45, 2.75) is 71.3 Å². The maximum Gasteiger partial charge on any atom is 0.0849 e. The molecule has 0 aromatic carbocycles. The molecule has 0 saturated heterocycles. The van der Waals surface area contributed by atoms with Crippen LogP contribution in [0.5, 0.6) is 0 Å². The maximum atomic E-state index is 6.51. The zero-order valence-electron chi connectivity index (χ0n) is 13.8. The van der Waals surface area contributed by atoms with E-state index in [-0.39, 0.29) is 0 Å². The average molecular weight is 312 g/mol. The van der Waals surface area contributed by atoms with Crippen molar-refractivity contribution in [2.75, 3.05) is 6.54 Å². The molecule has 0 aliphatic heterocycles. The molecule has 21 heavy (non-hydrogen) atoms. The first-order valence-corrected chi connectivity index (χ1v) is 8.97. The normalized spacial score (nSPS) is 23.2. The number of hydrogen-bond donors (Lipinski definition) is 1. The smallest absolute Gasteiger partial charge is 0.0849 e. The first kappa shape index (κ1) is 16.8. The highest BCUT2D eigenvalue weighted by Crippen LogP contribution is 2.30. The highest BCUT2D eigenvalue weighted by Gasteiger charge is 2.23. The van der Waals surface area contributed by atoms with Crippen LogP contribution in [0.1, 0.15) is 63.8 Å². The van der Waals surface area contributed by atoms with Crippen molar-refractivity contribution in [3.8, 4) is 0 Å². The molecular formula is C17H30ClN3. The van der Waals surface area contributed by atoms with Gasteiger partial charge in [0.25, 0.3) is 0 Å². The molecular weight excluding hydrogens is 282 g/mol. The molecule has 0 spiro atoms. The summed E-state index contributed by atoms with van der Waals surface area (Å²) in [6, 6.07) is 0.690. The van der Waals surface area contributed by atoms with Crippen LogP contribution in [0.25, 0.3) is 0 Å². The number of halogens is 1. The Bertz CT molecular complexity index is 441. The lowest BCUT2D eigenvalue weighted by Crippen LogP contribution is -2.31. The predicted octanol–water partition coefficient (Wildman–Crippen LogP) is 4.13. The standard InChI is InChI=1S/C17H30ClN3/c1-4-10-19-14-9-7-6-8-13(11-14)12-16-17(18)15(5-2)20-21(16)3/h13-14,19H,4-12H2,1-3H3. The summed E-state index contributed by atoms with van der Waals surface area (Å²) in [5.74, 6) is 0.736. The minimum Gasteiger partial charge on any atom is -0.314 e. The number of rotatable bonds is 6. The Morgan fingerprint density at radius 2 is 2.05 bits per heavy atom. The molecule has 1 aromatic heterocycles. The van der Waals surface area contributed by atoms with Gasteiger partial charge in [0.15, 0.2) is 0 Å². The summed E-state index contributed by atoms with van der Waals surface area (Å²) < 4.78 is 2.00. The number of nitrogens with one attached hydrogen (secondary N) is 1. The minimum atomic E-state index is 0.690. The van der Waals surface area contributed by atoms with Crippen LogP contribution in [0.2, 0.25) is 5.02 Å². The van der Waals surface area contributed by atoms with E-state index in [4.69, 9.17) is 11.6 Å². The van der Waals surface area contributed by atoms with Gasteiger partial charge in [0.1, 0.15) is 0 Å². The minimum absolute atomic E-state index is 0.690. The Kier molecular flexibility index (Phi) is 6.56. The molecule has 1 N–H and O–H groups in total. The largest absolute Gasteiger partial charge is 0.314 e. The summed E-state index contributed by atoms with van der Waals surface area (Å²) >= 11 is 6.51. The number of aryl methyl sites for hydroxylation is 2. The molecule has 2 unspecified atom stereocenters. The van der Waals surface area contributed by atoms with Crippen molar-refractivity contribution < 1.29 is 0 Å². The topological polar surface area (TPSA) is 29.9 Å². The first-order valence-electron chi connectivity index (χ1n) is 8.59. The number of aromatic nitrogens is 2. The van der Waals surface area contributed by atoms with Crippen molar-refractivity contribution >= 4 is 11.6 Å². The molecule has 0 bridgehead atoms. The van der Waals surface area contributed by atoms with E-state index >= 15 is 0 Å². The van der Waals surface area contributed by atoms with Crippen molar-refractivity contribution in [3.05, 3.63) is 16.4 Å². The zero-order valence-corrected chi connectivity index (χ0v) is 14.5. The summed E-state index contributed by atoms with van der Waals surface area (Å²) in [6.45, 7) is 5.50. The molecule has 2 rings (SSSR count). The second kappa shape index (κ2) is 8.19. The van der Waals surface area contributed by atoms with Gasteiger partial charge in [0.2, 0.25) is 0 Å². The molecule has 1 heterocycles.